The van der Waals surface area contributed by atoms with Gasteiger partial charge in [0.25, 0.3) is 0 Å². The summed E-state index contributed by atoms with van der Waals surface area (Å²) in [6.07, 6.45) is 2.48. The molecule has 1 aliphatic rings. The molecule has 3 unspecified atom stereocenters. The summed E-state index contributed by atoms with van der Waals surface area (Å²) in [5, 5.41) is 1.21. The Morgan fingerprint density at radius 2 is 2.18 bits per heavy atom. The molecule has 1 aromatic rings. The summed E-state index contributed by atoms with van der Waals surface area (Å²) < 4.78 is 5.72. The highest BCUT2D eigenvalue weighted by Gasteiger charge is 2.33. The van der Waals surface area contributed by atoms with Gasteiger partial charge in [0.05, 0.1) is 16.1 Å². The molecule has 0 spiro atoms. The van der Waals surface area contributed by atoms with Gasteiger partial charge < -0.3 is 4.74 Å². The summed E-state index contributed by atoms with van der Waals surface area (Å²) in [5.74, 6) is 0.511. The third-order valence-corrected chi connectivity index (χ3v) is 5.25. The molecule has 4 heteroatoms. The minimum Gasteiger partial charge on any atom is -0.378 e. The van der Waals surface area contributed by atoms with Crippen LogP contribution in [-0.2, 0) is 4.74 Å². The van der Waals surface area contributed by atoms with Crippen molar-refractivity contribution in [3.05, 3.63) is 33.8 Å². The number of hydrogen-bond donors (Lipinski definition) is 0. The van der Waals surface area contributed by atoms with E-state index < -0.39 is 0 Å². The van der Waals surface area contributed by atoms with Crippen molar-refractivity contribution in [3.8, 4) is 0 Å². The van der Waals surface area contributed by atoms with E-state index in [9.17, 15) is 0 Å². The van der Waals surface area contributed by atoms with Crippen molar-refractivity contribution in [1.82, 2.24) is 0 Å². The van der Waals surface area contributed by atoms with E-state index in [2.05, 4.69) is 22.9 Å². The van der Waals surface area contributed by atoms with Gasteiger partial charge in [-0.3, -0.25) is 0 Å². The fraction of sp³-hybridized carbons (Fsp3) is 0.538. The van der Waals surface area contributed by atoms with Gasteiger partial charge in [0.2, 0.25) is 0 Å². The Balaban J connectivity index is 2.18. The van der Waals surface area contributed by atoms with E-state index in [4.69, 9.17) is 27.9 Å². The molecule has 1 nitrogen and oxygen atoms in total. The SMILES string of the molecule is CCC1OCCC1C(Br)c1ccc(Cl)c(Cl)c1. The Labute approximate surface area is 121 Å². The molecule has 2 rings (SSSR count). The maximum absolute atomic E-state index is 6.05. The van der Waals surface area contributed by atoms with E-state index in [0.717, 1.165) is 19.4 Å². The molecular formula is C13H15BrCl2O. The van der Waals surface area contributed by atoms with Crippen LogP contribution in [-0.4, -0.2) is 12.7 Å². The van der Waals surface area contributed by atoms with Crippen molar-refractivity contribution in [2.45, 2.75) is 30.7 Å². The zero-order chi connectivity index (χ0) is 12.4. The van der Waals surface area contributed by atoms with E-state index in [1.165, 1.54) is 5.56 Å². The summed E-state index contributed by atoms with van der Waals surface area (Å²) in [4.78, 5) is 0.282. The van der Waals surface area contributed by atoms with Crippen LogP contribution >= 0.6 is 39.1 Å². The van der Waals surface area contributed by atoms with Gasteiger partial charge in [-0.25, -0.2) is 0 Å². The summed E-state index contributed by atoms with van der Waals surface area (Å²) in [7, 11) is 0. The van der Waals surface area contributed by atoms with Gasteiger partial charge in [-0.05, 0) is 30.5 Å². The molecule has 0 aliphatic carbocycles. The Hall–Kier alpha value is 0.240. The van der Waals surface area contributed by atoms with Gasteiger partial charge in [0, 0.05) is 17.4 Å². The number of alkyl halides is 1. The lowest BCUT2D eigenvalue weighted by atomic mass is 9.92. The van der Waals surface area contributed by atoms with Crippen molar-refractivity contribution in [1.29, 1.82) is 0 Å². The second kappa shape index (κ2) is 5.92. The second-order valence-electron chi connectivity index (χ2n) is 4.35. The minimum absolute atomic E-state index is 0.282. The Bertz CT molecular complexity index is 397. The molecule has 1 aliphatic heterocycles. The zero-order valence-corrected chi connectivity index (χ0v) is 12.7. The first-order valence-corrected chi connectivity index (χ1v) is 7.51. The molecule has 1 aromatic carbocycles. The van der Waals surface area contributed by atoms with Gasteiger partial charge in [0.1, 0.15) is 0 Å². The predicted octanol–water partition coefficient (Wildman–Crippen LogP) is 5.24. The average molecular weight is 338 g/mol. The first kappa shape index (κ1) is 13.7. The van der Waals surface area contributed by atoms with E-state index in [0.29, 0.717) is 22.1 Å². The van der Waals surface area contributed by atoms with Crippen molar-refractivity contribution >= 4 is 39.1 Å². The molecular weight excluding hydrogens is 323 g/mol. The Morgan fingerprint density at radius 1 is 1.41 bits per heavy atom. The van der Waals surface area contributed by atoms with Crippen LogP contribution in [0.15, 0.2) is 18.2 Å². The highest BCUT2D eigenvalue weighted by Crippen LogP contribution is 2.41. The topological polar surface area (TPSA) is 9.23 Å². The molecule has 94 valence electrons. The lowest BCUT2D eigenvalue weighted by Crippen LogP contribution is -2.18. The maximum Gasteiger partial charge on any atom is 0.0615 e. The van der Waals surface area contributed by atoms with Crippen LogP contribution in [0.25, 0.3) is 0 Å². The number of benzene rings is 1. The molecule has 0 radical (unpaired) electrons. The molecule has 3 atom stereocenters. The van der Waals surface area contributed by atoms with Crippen LogP contribution in [0.2, 0.25) is 10.0 Å². The molecule has 1 fully saturated rings. The van der Waals surface area contributed by atoms with Gasteiger partial charge in [-0.15, -0.1) is 0 Å². The predicted molar refractivity (Wildman–Crippen MR) is 76.3 cm³/mol. The summed E-state index contributed by atoms with van der Waals surface area (Å²) in [5.41, 5.74) is 1.17. The smallest absolute Gasteiger partial charge is 0.0615 e. The van der Waals surface area contributed by atoms with Crippen molar-refractivity contribution in [2.75, 3.05) is 6.61 Å². The molecule has 1 heterocycles. The number of hydrogen-bond acceptors (Lipinski definition) is 1. The van der Waals surface area contributed by atoms with Crippen LogP contribution in [0.3, 0.4) is 0 Å². The third-order valence-electron chi connectivity index (χ3n) is 3.30. The largest absolute Gasteiger partial charge is 0.378 e. The molecule has 0 amide bonds. The molecule has 0 saturated carbocycles. The minimum atomic E-state index is 0.282. The van der Waals surface area contributed by atoms with E-state index in [1.807, 2.05) is 18.2 Å². The lowest BCUT2D eigenvalue weighted by Gasteiger charge is -2.23. The summed E-state index contributed by atoms with van der Waals surface area (Å²) in [6, 6.07) is 5.82. The van der Waals surface area contributed by atoms with Crippen molar-refractivity contribution in [3.63, 3.8) is 0 Å². The standard InChI is InChI=1S/C13H15BrCl2O/c1-2-12-9(5-6-17-12)13(14)8-3-4-10(15)11(16)7-8/h3-4,7,9,12-13H,2,5-6H2,1H3. The zero-order valence-electron chi connectivity index (χ0n) is 9.63. The normalized spacial score (nSPS) is 26.1. The second-order valence-corrected chi connectivity index (χ2v) is 6.15. The average Bonchev–Trinajstić information content (AvgIpc) is 2.80. The molecule has 17 heavy (non-hydrogen) atoms. The first-order valence-electron chi connectivity index (χ1n) is 5.84. The Kier molecular flexibility index (Phi) is 4.76. The molecule has 1 saturated heterocycles. The van der Waals surface area contributed by atoms with Crippen LogP contribution in [0.4, 0.5) is 0 Å². The van der Waals surface area contributed by atoms with E-state index in [1.54, 1.807) is 0 Å². The van der Waals surface area contributed by atoms with Crippen molar-refractivity contribution in [2.24, 2.45) is 5.92 Å². The van der Waals surface area contributed by atoms with E-state index in [-0.39, 0.29) is 4.83 Å². The quantitative estimate of drug-likeness (QED) is 0.685. The van der Waals surface area contributed by atoms with Gasteiger partial charge in [0.15, 0.2) is 0 Å². The fourth-order valence-corrected chi connectivity index (χ4v) is 3.55. The number of rotatable bonds is 3. The summed E-state index contributed by atoms with van der Waals surface area (Å²) in [6.45, 7) is 3.02. The number of ether oxygens (including phenoxy) is 1. The van der Waals surface area contributed by atoms with Gasteiger partial charge in [-0.1, -0.05) is 52.1 Å². The van der Waals surface area contributed by atoms with Gasteiger partial charge in [-0.2, -0.15) is 0 Å². The van der Waals surface area contributed by atoms with Crippen molar-refractivity contribution < 1.29 is 4.74 Å². The first-order chi connectivity index (χ1) is 8.13. The summed E-state index contributed by atoms with van der Waals surface area (Å²) >= 11 is 15.8. The Morgan fingerprint density at radius 3 is 2.82 bits per heavy atom. The van der Waals surface area contributed by atoms with E-state index >= 15 is 0 Å². The molecule has 0 N–H and O–H groups in total. The van der Waals surface area contributed by atoms with Gasteiger partial charge >= 0.3 is 0 Å². The maximum atomic E-state index is 6.05. The van der Waals surface area contributed by atoms with Crippen LogP contribution in [0.1, 0.15) is 30.2 Å². The highest BCUT2D eigenvalue weighted by atomic mass is 79.9. The molecule has 0 bridgehead atoms. The highest BCUT2D eigenvalue weighted by molar-refractivity contribution is 9.09. The fourth-order valence-electron chi connectivity index (χ4n) is 2.35. The molecule has 0 aromatic heterocycles. The number of halogens is 3. The van der Waals surface area contributed by atoms with Crippen LogP contribution in [0.5, 0.6) is 0 Å². The lowest BCUT2D eigenvalue weighted by molar-refractivity contribution is 0.0873. The van der Waals surface area contributed by atoms with Crippen LogP contribution < -0.4 is 0 Å². The monoisotopic (exact) mass is 336 g/mol. The third kappa shape index (κ3) is 2.98. The van der Waals surface area contributed by atoms with Crippen LogP contribution in [0, 0.1) is 5.92 Å².